The van der Waals surface area contributed by atoms with Gasteiger partial charge >= 0.3 is 0 Å². The van der Waals surface area contributed by atoms with Crippen LogP contribution in [0.25, 0.3) is 0 Å². The SMILES string of the molecule is CS[C@@H]1CCC[C@H]1N(C)CCCCC#N. The minimum Gasteiger partial charge on any atom is -0.302 e. The first-order valence-corrected chi connectivity index (χ1v) is 7.18. The molecular formula is C12H22N2S. The Balaban J connectivity index is 2.21. The van der Waals surface area contributed by atoms with E-state index in [0.717, 1.165) is 24.3 Å². The second-order valence-electron chi connectivity index (χ2n) is 4.37. The monoisotopic (exact) mass is 226 g/mol. The highest BCUT2D eigenvalue weighted by Crippen LogP contribution is 2.31. The van der Waals surface area contributed by atoms with Gasteiger partial charge in [0.1, 0.15) is 0 Å². The highest BCUT2D eigenvalue weighted by molar-refractivity contribution is 7.99. The van der Waals surface area contributed by atoms with Crippen molar-refractivity contribution in [1.29, 1.82) is 5.26 Å². The van der Waals surface area contributed by atoms with Crippen LogP contribution in [0.2, 0.25) is 0 Å². The first-order chi connectivity index (χ1) is 7.29. The fourth-order valence-corrected chi connectivity index (χ4v) is 3.48. The van der Waals surface area contributed by atoms with Crippen LogP contribution >= 0.6 is 11.8 Å². The molecule has 0 aromatic carbocycles. The number of rotatable bonds is 6. The third-order valence-electron chi connectivity index (χ3n) is 3.34. The van der Waals surface area contributed by atoms with E-state index in [2.05, 4.69) is 24.3 Å². The fourth-order valence-electron chi connectivity index (χ4n) is 2.42. The molecule has 1 saturated carbocycles. The Hall–Kier alpha value is -0.200. The van der Waals surface area contributed by atoms with Gasteiger partial charge in [-0.15, -0.1) is 0 Å². The van der Waals surface area contributed by atoms with Crippen LogP contribution in [0.1, 0.15) is 38.5 Å². The highest BCUT2D eigenvalue weighted by atomic mass is 32.2. The summed E-state index contributed by atoms with van der Waals surface area (Å²) in [4.78, 5) is 2.51. The van der Waals surface area contributed by atoms with E-state index in [1.807, 2.05) is 11.8 Å². The second-order valence-corrected chi connectivity index (χ2v) is 5.45. The average molecular weight is 226 g/mol. The van der Waals surface area contributed by atoms with Gasteiger partial charge in [0, 0.05) is 17.7 Å². The zero-order valence-corrected chi connectivity index (χ0v) is 10.7. The lowest BCUT2D eigenvalue weighted by atomic mass is 10.2. The van der Waals surface area contributed by atoms with Crippen LogP contribution < -0.4 is 0 Å². The number of hydrogen-bond donors (Lipinski definition) is 0. The summed E-state index contributed by atoms with van der Waals surface area (Å²) < 4.78 is 0. The standard InChI is InChI=1S/C12H22N2S/c1-14(10-5-3-4-9-13)11-7-6-8-12(11)15-2/h11-12H,3-8,10H2,1-2H3/t11-,12-/m1/s1. The van der Waals surface area contributed by atoms with Gasteiger partial charge in [0.2, 0.25) is 0 Å². The van der Waals surface area contributed by atoms with Crippen molar-refractivity contribution >= 4 is 11.8 Å². The van der Waals surface area contributed by atoms with Crippen LogP contribution in [0.4, 0.5) is 0 Å². The van der Waals surface area contributed by atoms with Crippen molar-refractivity contribution in [2.24, 2.45) is 0 Å². The van der Waals surface area contributed by atoms with Gasteiger partial charge in [-0.3, -0.25) is 0 Å². The minimum atomic E-state index is 0.713. The fraction of sp³-hybridized carbons (Fsp3) is 0.917. The number of thioether (sulfide) groups is 1. The molecule has 0 aromatic heterocycles. The topological polar surface area (TPSA) is 27.0 Å². The molecule has 0 bridgehead atoms. The number of nitriles is 1. The van der Waals surface area contributed by atoms with E-state index in [0.29, 0.717) is 6.42 Å². The van der Waals surface area contributed by atoms with E-state index in [1.165, 1.54) is 25.7 Å². The molecule has 1 aliphatic carbocycles. The molecule has 0 heterocycles. The quantitative estimate of drug-likeness (QED) is 0.652. The summed E-state index contributed by atoms with van der Waals surface area (Å²) in [6.45, 7) is 1.16. The highest BCUT2D eigenvalue weighted by Gasteiger charge is 2.29. The Bertz CT molecular complexity index is 212. The lowest BCUT2D eigenvalue weighted by Gasteiger charge is -2.28. The molecule has 15 heavy (non-hydrogen) atoms. The van der Waals surface area contributed by atoms with Crippen LogP contribution in [-0.2, 0) is 0 Å². The van der Waals surface area contributed by atoms with Gasteiger partial charge in [-0.25, -0.2) is 0 Å². The van der Waals surface area contributed by atoms with Gasteiger partial charge in [0.15, 0.2) is 0 Å². The molecular weight excluding hydrogens is 204 g/mol. The average Bonchev–Trinajstić information content (AvgIpc) is 2.72. The Labute approximate surface area is 98.0 Å². The Morgan fingerprint density at radius 2 is 2.20 bits per heavy atom. The van der Waals surface area contributed by atoms with E-state index < -0.39 is 0 Å². The molecule has 0 spiro atoms. The first-order valence-electron chi connectivity index (χ1n) is 5.89. The molecule has 86 valence electrons. The summed E-state index contributed by atoms with van der Waals surface area (Å²) in [6, 6.07) is 2.99. The first kappa shape index (κ1) is 12.9. The molecule has 2 atom stereocenters. The van der Waals surface area contributed by atoms with E-state index >= 15 is 0 Å². The smallest absolute Gasteiger partial charge is 0.0621 e. The molecule has 0 saturated heterocycles. The molecule has 0 aromatic rings. The predicted molar refractivity (Wildman–Crippen MR) is 67.0 cm³/mol. The van der Waals surface area contributed by atoms with Crippen LogP contribution in [-0.4, -0.2) is 36.0 Å². The van der Waals surface area contributed by atoms with Crippen LogP contribution in [0.3, 0.4) is 0 Å². The number of hydrogen-bond acceptors (Lipinski definition) is 3. The van der Waals surface area contributed by atoms with Gasteiger partial charge in [-0.1, -0.05) is 6.42 Å². The van der Waals surface area contributed by atoms with Gasteiger partial charge < -0.3 is 4.90 Å². The summed E-state index contributed by atoms with van der Waals surface area (Å²) in [5.74, 6) is 0. The van der Waals surface area contributed by atoms with E-state index in [4.69, 9.17) is 5.26 Å². The molecule has 0 amide bonds. The van der Waals surface area contributed by atoms with E-state index in [9.17, 15) is 0 Å². The normalized spacial score (nSPS) is 25.7. The molecule has 1 aliphatic rings. The largest absolute Gasteiger partial charge is 0.302 e. The molecule has 1 rings (SSSR count). The molecule has 0 N–H and O–H groups in total. The minimum absolute atomic E-state index is 0.713. The summed E-state index contributed by atoms with van der Waals surface area (Å²) in [6.07, 6.45) is 9.30. The Morgan fingerprint density at radius 1 is 1.40 bits per heavy atom. The maximum absolute atomic E-state index is 8.46. The van der Waals surface area contributed by atoms with Crippen molar-refractivity contribution in [2.45, 2.75) is 49.8 Å². The lowest BCUT2D eigenvalue weighted by molar-refractivity contribution is 0.245. The van der Waals surface area contributed by atoms with Crippen molar-refractivity contribution in [1.82, 2.24) is 4.90 Å². The molecule has 3 heteroatoms. The van der Waals surface area contributed by atoms with Gasteiger partial charge in [-0.05, 0) is 45.5 Å². The molecule has 2 nitrogen and oxygen atoms in total. The molecule has 1 fully saturated rings. The molecule has 0 aliphatic heterocycles. The number of unbranched alkanes of at least 4 members (excludes halogenated alkanes) is 2. The van der Waals surface area contributed by atoms with Gasteiger partial charge in [0.05, 0.1) is 6.07 Å². The zero-order valence-electron chi connectivity index (χ0n) is 9.91. The van der Waals surface area contributed by atoms with Crippen molar-refractivity contribution in [3.63, 3.8) is 0 Å². The van der Waals surface area contributed by atoms with Gasteiger partial charge in [-0.2, -0.15) is 17.0 Å². The van der Waals surface area contributed by atoms with Crippen molar-refractivity contribution in [3.8, 4) is 6.07 Å². The van der Waals surface area contributed by atoms with Crippen molar-refractivity contribution in [2.75, 3.05) is 19.8 Å². The lowest BCUT2D eigenvalue weighted by Crippen LogP contribution is -2.36. The van der Waals surface area contributed by atoms with E-state index in [1.54, 1.807) is 0 Å². The van der Waals surface area contributed by atoms with Crippen molar-refractivity contribution < 1.29 is 0 Å². The second kappa shape index (κ2) is 7.14. The third kappa shape index (κ3) is 4.04. The molecule has 0 unspecified atom stereocenters. The summed E-state index contributed by atoms with van der Waals surface area (Å²) >= 11 is 2.02. The van der Waals surface area contributed by atoms with Crippen LogP contribution in [0.15, 0.2) is 0 Å². The van der Waals surface area contributed by atoms with Crippen LogP contribution in [0, 0.1) is 11.3 Å². The predicted octanol–water partition coefficient (Wildman–Crippen LogP) is 2.90. The number of nitrogens with zero attached hydrogens (tertiary/aromatic N) is 2. The zero-order chi connectivity index (χ0) is 11.1. The van der Waals surface area contributed by atoms with Gasteiger partial charge in [0.25, 0.3) is 0 Å². The maximum Gasteiger partial charge on any atom is 0.0621 e. The summed E-state index contributed by atoms with van der Waals surface area (Å²) in [5.41, 5.74) is 0. The summed E-state index contributed by atoms with van der Waals surface area (Å²) in [7, 11) is 2.24. The van der Waals surface area contributed by atoms with E-state index in [-0.39, 0.29) is 0 Å². The third-order valence-corrected chi connectivity index (χ3v) is 4.49. The van der Waals surface area contributed by atoms with Crippen molar-refractivity contribution in [3.05, 3.63) is 0 Å². The van der Waals surface area contributed by atoms with Crippen LogP contribution in [0.5, 0.6) is 0 Å². The Morgan fingerprint density at radius 3 is 2.87 bits per heavy atom. The Kier molecular flexibility index (Phi) is 6.12. The summed E-state index contributed by atoms with van der Waals surface area (Å²) in [5, 5.41) is 9.30. The molecule has 0 radical (unpaired) electrons. The maximum atomic E-state index is 8.46.